The molecule has 4 nitrogen and oxygen atoms in total. The maximum atomic E-state index is 13.5. The number of carbonyl (C=O) groups excluding carboxylic acids is 3. The molecule has 1 atom stereocenters. The van der Waals surface area contributed by atoms with Crippen LogP contribution in [0.2, 0.25) is 0 Å². The molecule has 0 saturated heterocycles. The van der Waals surface area contributed by atoms with Gasteiger partial charge in [-0.3, -0.25) is 19.4 Å². The topological polar surface area (TPSA) is 64.1 Å². The molecule has 0 spiro atoms. The van der Waals surface area contributed by atoms with Crippen LogP contribution in [0, 0.1) is 5.41 Å². The summed E-state index contributed by atoms with van der Waals surface area (Å²) in [6.45, 7) is 4.17. The van der Waals surface area contributed by atoms with Crippen LogP contribution in [0.4, 0.5) is 0 Å². The summed E-state index contributed by atoms with van der Waals surface area (Å²) in [7, 11) is 0. The number of ketones is 3. The molecule has 0 bridgehead atoms. The van der Waals surface area contributed by atoms with Crippen LogP contribution >= 0.6 is 0 Å². The minimum Gasteiger partial charge on any atom is -0.294 e. The van der Waals surface area contributed by atoms with Crippen LogP contribution in [0.5, 0.6) is 0 Å². The van der Waals surface area contributed by atoms with Crippen molar-refractivity contribution in [3.63, 3.8) is 0 Å². The normalized spacial score (nSPS) is 23.0. The van der Waals surface area contributed by atoms with E-state index in [0.29, 0.717) is 35.1 Å². The molecule has 0 radical (unpaired) electrons. The molecule has 144 valence electrons. The zero-order valence-electron chi connectivity index (χ0n) is 16.5. The lowest BCUT2D eigenvalue weighted by molar-refractivity contribution is -0.118. The lowest BCUT2D eigenvalue weighted by Gasteiger charge is -2.40. The Morgan fingerprint density at radius 2 is 1.66 bits per heavy atom. The number of rotatable bonds is 1. The van der Waals surface area contributed by atoms with Crippen molar-refractivity contribution >= 4 is 17.3 Å². The molecule has 1 heterocycles. The molecule has 29 heavy (non-hydrogen) atoms. The molecule has 1 aromatic heterocycles. The van der Waals surface area contributed by atoms with Gasteiger partial charge in [-0.05, 0) is 29.9 Å². The number of carbonyl (C=O) groups is 3. The second-order valence-corrected chi connectivity index (χ2v) is 8.95. The number of pyridine rings is 1. The quantitative estimate of drug-likeness (QED) is 0.720. The lowest BCUT2D eigenvalue weighted by Crippen LogP contribution is -2.36. The van der Waals surface area contributed by atoms with Gasteiger partial charge in [-0.25, -0.2) is 0 Å². The Morgan fingerprint density at radius 3 is 2.41 bits per heavy atom. The summed E-state index contributed by atoms with van der Waals surface area (Å²) in [4.78, 5) is 44.2. The third-order valence-corrected chi connectivity index (χ3v) is 6.27. The van der Waals surface area contributed by atoms with Gasteiger partial charge in [0.25, 0.3) is 0 Å². The van der Waals surface area contributed by atoms with Crippen LogP contribution in [0.3, 0.4) is 0 Å². The Hall–Kier alpha value is -3.14. The van der Waals surface area contributed by atoms with E-state index in [-0.39, 0.29) is 22.8 Å². The van der Waals surface area contributed by atoms with Gasteiger partial charge in [0.15, 0.2) is 17.3 Å². The molecule has 4 heteroatoms. The minimum absolute atomic E-state index is 0.0948. The molecule has 3 aliphatic carbocycles. The summed E-state index contributed by atoms with van der Waals surface area (Å²) in [5, 5.41) is 0. The van der Waals surface area contributed by atoms with E-state index in [0.717, 1.165) is 23.1 Å². The fourth-order valence-corrected chi connectivity index (χ4v) is 5.14. The zero-order chi connectivity index (χ0) is 20.3. The van der Waals surface area contributed by atoms with Crippen molar-refractivity contribution < 1.29 is 14.4 Å². The number of Topliss-reactive ketones (excluding diaryl/α,β-unsaturated/α-hetero) is 3. The van der Waals surface area contributed by atoms with E-state index in [1.165, 1.54) is 12.4 Å². The van der Waals surface area contributed by atoms with Gasteiger partial charge in [0.2, 0.25) is 0 Å². The Morgan fingerprint density at radius 1 is 0.897 bits per heavy atom. The van der Waals surface area contributed by atoms with Crippen molar-refractivity contribution in [2.45, 2.75) is 39.0 Å². The van der Waals surface area contributed by atoms with Crippen molar-refractivity contribution in [2.24, 2.45) is 5.41 Å². The predicted octanol–water partition coefficient (Wildman–Crippen LogP) is 4.63. The maximum absolute atomic E-state index is 13.5. The second kappa shape index (κ2) is 6.18. The molecule has 1 unspecified atom stereocenters. The maximum Gasteiger partial charge on any atom is 0.192 e. The van der Waals surface area contributed by atoms with Crippen LogP contribution in [-0.2, 0) is 4.79 Å². The molecule has 0 N–H and O–H groups in total. The van der Waals surface area contributed by atoms with Crippen molar-refractivity contribution in [2.75, 3.05) is 0 Å². The molecule has 0 saturated carbocycles. The van der Waals surface area contributed by atoms with Crippen LogP contribution in [0.1, 0.15) is 65.3 Å². The summed E-state index contributed by atoms with van der Waals surface area (Å²) in [5.41, 5.74) is 4.25. The molecule has 0 fully saturated rings. The average Bonchev–Trinajstić information content (AvgIpc) is 2.70. The fraction of sp³-hybridized carbons (Fsp3) is 0.280. The summed E-state index contributed by atoms with van der Waals surface area (Å²) in [5.74, 6) is -0.671. The molecule has 5 rings (SSSR count). The van der Waals surface area contributed by atoms with Gasteiger partial charge in [0.05, 0.1) is 5.56 Å². The highest BCUT2D eigenvalue weighted by molar-refractivity contribution is 6.28. The Bertz CT molecular complexity index is 1150. The highest BCUT2D eigenvalue weighted by Gasteiger charge is 2.46. The molecule has 2 aromatic rings. The van der Waals surface area contributed by atoms with Gasteiger partial charge in [0.1, 0.15) is 0 Å². The first-order chi connectivity index (χ1) is 13.9. The SMILES string of the molecule is CC1(C)CC(=O)C2=C(CC3=C(C(=O)c4ccncc4C3=O)C2c2ccccc2)C1. The monoisotopic (exact) mass is 383 g/mol. The van der Waals surface area contributed by atoms with Crippen LogP contribution in [0.25, 0.3) is 0 Å². The summed E-state index contributed by atoms with van der Waals surface area (Å²) >= 11 is 0. The van der Waals surface area contributed by atoms with Gasteiger partial charge >= 0.3 is 0 Å². The number of nitrogens with zero attached hydrogens (tertiary/aromatic N) is 1. The van der Waals surface area contributed by atoms with Crippen molar-refractivity contribution in [1.29, 1.82) is 0 Å². The van der Waals surface area contributed by atoms with E-state index in [1.54, 1.807) is 6.07 Å². The molecular weight excluding hydrogens is 362 g/mol. The molecule has 3 aliphatic rings. The minimum atomic E-state index is -0.476. The van der Waals surface area contributed by atoms with E-state index in [1.807, 2.05) is 30.3 Å². The Balaban J connectivity index is 1.76. The number of aromatic nitrogens is 1. The van der Waals surface area contributed by atoms with Crippen LogP contribution < -0.4 is 0 Å². The van der Waals surface area contributed by atoms with E-state index in [2.05, 4.69) is 18.8 Å². The summed E-state index contributed by atoms with van der Waals surface area (Å²) in [6, 6.07) is 11.2. The van der Waals surface area contributed by atoms with E-state index in [4.69, 9.17) is 0 Å². The third kappa shape index (κ3) is 2.66. The van der Waals surface area contributed by atoms with Gasteiger partial charge in [0, 0.05) is 47.0 Å². The number of allylic oxidation sites excluding steroid dienone is 4. The molecular formula is C25H21NO3. The van der Waals surface area contributed by atoms with Crippen molar-refractivity contribution in [3.05, 3.63) is 87.8 Å². The number of fused-ring (bicyclic) bond motifs is 1. The Kier molecular flexibility index (Phi) is 3.82. The molecule has 0 aliphatic heterocycles. The number of hydrogen-bond acceptors (Lipinski definition) is 4. The van der Waals surface area contributed by atoms with Crippen LogP contribution in [-0.4, -0.2) is 22.3 Å². The second-order valence-electron chi connectivity index (χ2n) is 8.95. The molecule has 1 aromatic carbocycles. The Labute approximate surface area is 169 Å². The van der Waals surface area contributed by atoms with E-state index < -0.39 is 5.92 Å². The fourth-order valence-electron chi connectivity index (χ4n) is 5.14. The smallest absolute Gasteiger partial charge is 0.192 e. The first kappa shape index (κ1) is 17.9. The van der Waals surface area contributed by atoms with Gasteiger partial charge in [-0.2, -0.15) is 0 Å². The number of benzene rings is 1. The highest BCUT2D eigenvalue weighted by Crippen LogP contribution is 2.52. The standard InChI is InChI=1S/C25H21NO3/c1-25(2)11-15-10-17-22(24(29)16-8-9-26-13-18(16)23(17)28)21(20(15)19(27)12-25)14-6-4-3-5-7-14/h3-9,13,21H,10-12H2,1-2H3. The largest absolute Gasteiger partial charge is 0.294 e. The first-order valence-corrected chi connectivity index (χ1v) is 9.94. The van der Waals surface area contributed by atoms with Gasteiger partial charge in [-0.15, -0.1) is 0 Å². The van der Waals surface area contributed by atoms with E-state index in [9.17, 15) is 14.4 Å². The lowest BCUT2D eigenvalue weighted by atomic mass is 9.61. The number of hydrogen-bond donors (Lipinski definition) is 0. The van der Waals surface area contributed by atoms with Crippen LogP contribution in [0.15, 0.2) is 71.1 Å². The summed E-state index contributed by atoms with van der Waals surface area (Å²) in [6.07, 6.45) is 4.61. The van der Waals surface area contributed by atoms with Crippen molar-refractivity contribution in [3.8, 4) is 0 Å². The zero-order valence-corrected chi connectivity index (χ0v) is 16.5. The summed E-state index contributed by atoms with van der Waals surface area (Å²) < 4.78 is 0. The molecule has 0 amide bonds. The van der Waals surface area contributed by atoms with Gasteiger partial charge < -0.3 is 0 Å². The average molecular weight is 383 g/mol. The predicted molar refractivity (Wildman–Crippen MR) is 109 cm³/mol. The van der Waals surface area contributed by atoms with Gasteiger partial charge in [-0.1, -0.05) is 49.8 Å². The van der Waals surface area contributed by atoms with Crippen molar-refractivity contribution in [1.82, 2.24) is 4.98 Å². The highest BCUT2D eigenvalue weighted by atomic mass is 16.1. The first-order valence-electron chi connectivity index (χ1n) is 9.94. The third-order valence-electron chi connectivity index (χ3n) is 6.27. The van der Waals surface area contributed by atoms with E-state index >= 15 is 0 Å².